The van der Waals surface area contributed by atoms with E-state index < -0.39 is 12.1 Å². The summed E-state index contributed by atoms with van der Waals surface area (Å²) in [5, 5.41) is 22.7. The molecule has 3 N–H and O–H groups in total. The van der Waals surface area contributed by atoms with Gasteiger partial charge in [-0.05, 0) is 70.6 Å². The van der Waals surface area contributed by atoms with Gasteiger partial charge in [0.05, 0.1) is 18.8 Å². The molecule has 39 heavy (non-hydrogen) atoms. The molecule has 0 aliphatic heterocycles. The first-order valence-corrected chi connectivity index (χ1v) is 16.0. The van der Waals surface area contributed by atoms with Gasteiger partial charge in [-0.1, -0.05) is 120 Å². The fourth-order valence-electron chi connectivity index (χ4n) is 4.16. The van der Waals surface area contributed by atoms with E-state index in [1.165, 1.54) is 57.8 Å². The quantitative estimate of drug-likeness (QED) is 0.0715. The maximum absolute atomic E-state index is 12.2. The summed E-state index contributed by atoms with van der Waals surface area (Å²) in [6.07, 6.45) is 41.4. The fourth-order valence-corrected chi connectivity index (χ4v) is 4.16. The van der Waals surface area contributed by atoms with Crippen LogP contribution in [0.4, 0.5) is 0 Å². The summed E-state index contributed by atoms with van der Waals surface area (Å²) < 4.78 is 0. The summed E-state index contributed by atoms with van der Waals surface area (Å²) >= 11 is 0. The minimum Gasteiger partial charge on any atom is -0.394 e. The van der Waals surface area contributed by atoms with E-state index in [-0.39, 0.29) is 12.5 Å². The minimum absolute atomic E-state index is 0.0984. The first-order valence-electron chi connectivity index (χ1n) is 16.0. The molecule has 0 spiro atoms. The smallest absolute Gasteiger partial charge is 0.220 e. The normalized spacial score (nSPS) is 14.1. The van der Waals surface area contributed by atoms with Gasteiger partial charge in [0.2, 0.25) is 5.91 Å². The van der Waals surface area contributed by atoms with Crippen LogP contribution in [0.3, 0.4) is 0 Å². The van der Waals surface area contributed by atoms with Gasteiger partial charge in [0.25, 0.3) is 0 Å². The van der Waals surface area contributed by atoms with Crippen molar-refractivity contribution < 1.29 is 15.0 Å². The van der Waals surface area contributed by atoms with Crippen LogP contribution >= 0.6 is 0 Å². The standard InChI is InChI=1S/C35H61NO3/c1-3-5-7-9-11-13-15-17-19-21-23-25-27-29-31-35(39)36-33(32-37)34(38)30-28-26-24-22-20-18-16-14-12-10-8-6-4-2/h9,11-12,14-15,17,20,22,28,30,33-34,37-38H,3-8,10,13,16,18-19,21,23-27,29,31-32H2,1-2H3,(H,36,39)/b11-9-,14-12+,17-15-,22-20+,30-28+. The van der Waals surface area contributed by atoms with Gasteiger partial charge in [0, 0.05) is 6.42 Å². The number of unbranched alkanes of at least 4 members (excludes halogenated alkanes) is 12. The highest BCUT2D eigenvalue weighted by Crippen LogP contribution is 2.09. The minimum atomic E-state index is -0.874. The lowest BCUT2D eigenvalue weighted by Crippen LogP contribution is -2.45. The van der Waals surface area contributed by atoms with Crippen LogP contribution in [0.1, 0.15) is 136 Å². The number of amides is 1. The van der Waals surface area contributed by atoms with Crippen LogP contribution < -0.4 is 5.32 Å². The Balaban J connectivity index is 3.81. The van der Waals surface area contributed by atoms with E-state index in [0.717, 1.165) is 57.8 Å². The highest BCUT2D eigenvalue weighted by atomic mass is 16.3. The number of allylic oxidation sites excluding steroid dienone is 9. The summed E-state index contributed by atoms with van der Waals surface area (Å²) in [6.45, 7) is 4.18. The fraction of sp³-hybridized carbons (Fsp3) is 0.686. The number of hydrogen-bond donors (Lipinski definition) is 3. The lowest BCUT2D eigenvalue weighted by Gasteiger charge is -2.19. The zero-order valence-corrected chi connectivity index (χ0v) is 25.4. The number of aliphatic hydroxyl groups is 2. The maximum Gasteiger partial charge on any atom is 0.220 e. The van der Waals surface area contributed by atoms with Crippen LogP contribution in [-0.2, 0) is 4.79 Å². The van der Waals surface area contributed by atoms with E-state index in [1.807, 2.05) is 6.08 Å². The van der Waals surface area contributed by atoms with Crippen LogP contribution in [0.2, 0.25) is 0 Å². The van der Waals surface area contributed by atoms with Crippen LogP contribution in [0.25, 0.3) is 0 Å². The molecule has 0 heterocycles. The van der Waals surface area contributed by atoms with E-state index in [4.69, 9.17) is 0 Å². The number of carbonyl (C=O) groups is 1. The third kappa shape index (κ3) is 27.4. The van der Waals surface area contributed by atoms with Crippen molar-refractivity contribution >= 4 is 5.91 Å². The topological polar surface area (TPSA) is 69.6 Å². The molecule has 0 aliphatic rings. The lowest BCUT2D eigenvalue weighted by molar-refractivity contribution is -0.123. The van der Waals surface area contributed by atoms with Gasteiger partial charge in [-0.3, -0.25) is 4.79 Å². The molecule has 4 nitrogen and oxygen atoms in total. The molecule has 0 rings (SSSR count). The largest absolute Gasteiger partial charge is 0.394 e. The summed E-state index contributed by atoms with van der Waals surface area (Å²) in [5.41, 5.74) is 0. The van der Waals surface area contributed by atoms with E-state index in [2.05, 4.69) is 67.8 Å². The first kappa shape index (κ1) is 37.1. The summed E-state index contributed by atoms with van der Waals surface area (Å²) in [5.74, 6) is -0.0984. The van der Waals surface area contributed by atoms with Crippen molar-refractivity contribution in [2.24, 2.45) is 0 Å². The van der Waals surface area contributed by atoms with Gasteiger partial charge >= 0.3 is 0 Å². The third-order valence-electron chi connectivity index (χ3n) is 6.70. The molecule has 0 bridgehead atoms. The SMILES string of the molecule is CCCC/C=C\C/C=C\CCCCCCCC(=O)NC(CO)C(O)/C=C/CC/C=C/CC/C=C/CCCCC. The van der Waals surface area contributed by atoms with Gasteiger partial charge in [0.1, 0.15) is 0 Å². The molecule has 0 saturated carbocycles. The molecule has 0 aromatic rings. The summed E-state index contributed by atoms with van der Waals surface area (Å²) in [4.78, 5) is 12.2. The van der Waals surface area contributed by atoms with E-state index in [0.29, 0.717) is 6.42 Å². The molecule has 0 radical (unpaired) electrons. The molecular weight excluding hydrogens is 482 g/mol. The molecule has 1 amide bonds. The Morgan fingerprint density at radius 1 is 0.615 bits per heavy atom. The lowest BCUT2D eigenvalue weighted by atomic mass is 10.1. The maximum atomic E-state index is 12.2. The molecular formula is C35H61NO3. The molecule has 0 aromatic carbocycles. The zero-order valence-electron chi connectivity index (χ0n) is 25.4. The van der Waals surface area contributed by atoms with Crippen molar-refractivity contribution in [1.82, 2.24) is 5.32 Å². The summed E-state index contributed by atoms with van der Waals surface area (Å²) in [6, 6.07) is -0.651. The summed E-state index contributed by atoms with van der Waals surface area (Å²) in [7, 11) is 0. The van der Waals surface area contributed by atoms with Crippen LogP contribution in [0.5, 0.6) is 0 Å². The molecule has 224 valence electrons. The number of rotatable bonds is 27. The Bertz CT molecular complexity index is 677. The number of hydrogen-bond acceptors (Lipinski definition) is 3. The molecule has 2 atom stereocenters. The predicted octanol–water partition coefficient (Wildman–Crippen LogP) is 9.06. The van der Waals surface area contributed by atoms with Crippen LogP contribution in [0, 0.1) is 0 Å². The van der Waals surface area contributed by atoms with Gasteiger partial charge in [-0.2, -0.15) is 0 Å². The Morgan fingerprint density at radius 2 is 1.10 bits per heavy atom. The molecule has 2 unspecified atom stereocenters. The number of nitrogens with one attached hydrogen (secondary N) is 1. The monoisotopic (exact) mass is 543 g/mol. The second kappa shape index (κ2) is 30.6. The van der Waals surface area contributed by atoms with Crippen molar-refractivity contribution in [2.45, 2.75) is 148 Å². The van der Waals surface area contributed by atoms with Gasteiger partial charge in [-0.25, -0.2) is 0 Å². The second-order valence-corrected chi connectivity index (χ2v) is 10.5. The molecule has 4 heteroatoms. The zero-order chi connectivity index (χ0) is 28.7. The number of carbonyl (C=O) groups excluding carboxylic acids is 1. The Labute approximate surface area is 241 Å². The van der Waals surface area contributed by atoms with Gasteiger partial charge in [-0.15, -0.1) is 0 Å². The van der Waals surface area contributed by atoms with Crippen LogP contribution in [0.15, 0.2) is 60.8 Å². The molecule has 0 aliphatic carbocycles. The van der Waals surface area contributed by atoms with E-state index in [1.54, 1.807) is 6.08 Å². The second-order valence-electron chi connectivity index (χ2n) is 10.5. The Kier molecular flexibility index (Phi) is 29.1. The van der Waals surface area contributed by atoms with E-state index >= 15 is 0 Å². The highest BCUT2D eigenvalue weighted by molar-refractivity contribution is 5.76. The van der Waals surface area contributed by atoms with Crippen molar-refractivity contribution in [3.63, 3.8) is 0 Å². The van der Waals surface area contributed by atoms with Crippen LogP contribution in [-0.4, -0.2) is 34.9 Å². The van der Waals surface area contributed by atoms with Crippen molar-refractivity contribution in [1.29, 1.82) is 0 Å². The molecule has 0 fully saturated rings. The average Bonchev–Trinajstić information content (AvgIpc) is 2.94. The van der Waals surface area contributed by atoms with E-state index in [9.17, 15) is 15.0 Å². The Morgan fingerprint density at radius 3 is 1.72 bits per heavy atom. The molecule has 0 aromatic heterocycles. The third-order valence-corrected chi connectivity index (χ3v) is 6.70. The average molecular weight is 544 g/mol. The Hall–Kier alpha value is -1.91. The number of aliphatic hydroxyl groups excluding tert-OH is 2. The van der Waals surface area contributed by atoms with Gasteiger partial charge in [0.15, 0.2) is 0 Å². The molecule has 0 saturated heterocycles. The van der Waals surface area contributed by atoms with Crippen molar-refractivity contribution in [2.75, 3.05) is 6.61 Å². The first-order chi connectivity index (χ1) is 19.2. The van der Waals surface area contributed by atoms with Gasteiger partial charge < -0.3 is 15.5 Å². The predicted molar refractivity (Wildman–Crippen MR) is 170 cm³/mol. The van der Waals surface area contributed by atoms with Crippen molar-refractivity contribution in [3.8, 4) is 0 Å². The highest BCUT2D eigenvalue weighted by Gasteiger charge is 2.17. The van der Waals surface area contributed by atoms with Crippen molar-refractivity contribution in [3.05, 3.63) is 60.8 Å².